The molecule has 2 N–H and O–H groups in total. The molecule has 4 nitrogen and oxygen atoms in total. The van der Waals surface area contributed by atoms with E-state index in [1.807, 2.05) is 11.8 Å². The zero-order valence-corrected chi connectivity index (χ0v) is 12.5. The highest BCUT2D eigenvalue weighted by Gasteiger charge is 2.27. The normalized spacial score (nSPS) is 18.9. The number of fused-ring (bicyclic) bond motifs is 1. The van der Waals surface area contributed by atoms with E-state index in [1.165, 1.54) is 48.6 Å². The van der Waals surface area contributed by atoms with Crippen molar-refractivity contribution in [1.82, 2.24) is 0 Å². The minimum absolute atomic E-state index is 0.815. The van der Waals surface area contributed by atoms with Crippen molar-refractivity contribution in [3.63, 3.8) is 0 Å². The van der Waals surface area contributed by atoms with E-state index in [2.05, 4.69) is 34.3 Å². The summed E-state index contributed by atoms with van der Waals surface area (Å²) in [5, 5.41) is 4.06. The lowest BCUT2D eigenvalue weighted by Crippen LogP contribution is -2.34. The lowest BCUT2D eigenvalue weighted by atomic mass is 9.94. The van der Waals surface area contributed by atoms with Gasteiger partial charge in [-0.05, 0) is 25.0 Å². The molecule has 1 fully saturated rings. The predicted octanol–water partition coefficient (Wildman–Crippen LogP) is 2.36. The molecule has 0 spiro atoms. The van der Waals surface area contributed by atoms with Gasteiger partial charge in [0, 0.05) is 10.9 Å². The van der Waals surface area contributed by atoms with E-state index >= 15 is 0 Å². The van der Waals surface area contributed by atoms with E-state index in [-0.39, 0.29) is 0 Å². The first kappa shape index (κ1) is 14.7. The second kappa shape index (κ2) is 7.17. The smallest absolute Gasteiger partial charge is 0.198 e. The first-order valence-electron chi connectivity index (χ1n) is 6.56. The highest BCUT2D eigenvalue weighted by molar-refractivity contribution is 7.99. The molecule has 1 saturated carbocycles. The van der Waals surface area contributed by atoms with Gasteiger partial charge in [0.1, 0.15) is 0 Å². The fraction of sp³-hybridized carbons (Fsp3) is 0.538. The summed E-state index contributed by atoms with van der Waals surface area (Å²) in [6, 6.07) is 9.67. The summed E-state index contributed by atoms with van der Waals surface area (Å²) in [6.45, 7) is 0. The van der Waals surface area contributed by atoms with Crippen molar-refractivity contribution >= 4 is 28.3 Å². The van der Waals surface area contributed by atoms with Crippen molar-refractivity contribution in [2.24, 2.45) is 5.14 Å². The number of rotatable bonds is 1. The van der Waals surface area contributed by atoms with Crippen LogP contribution in [0.15, 0.2) is 29.2 Å². The fourth-order valence-electron chi connectivity index (χ4n) is 2.72. The molecule has 19 heavy (non-hydrogen) atoms. The first-order valence-corrected chi connectivity index (χ1v) is 8.79. The average molecular weight is 300 g/mol. The van der Waals surface area contributed by atoms with Crippen molar-refractivity contribution in [3.8, 4) is 0 Å². The Morgan fingerprint density at radius 3 is 2.47 bits per heavy atom. The number of hydrogen-bond acceptors (Lipinski definition) is 4. The molecule has 1 aromatic carbocycles. The Morgan fingerprint density at radius 1 is 1.16 bits per heavy atom. The van der Waals surface area contributed by atoms with E-state index in [0.717, 1.165) is 6.04 Å². The maximum Gasteiger partial charge on any atom is 0.198 e. The Hall–Kier alpha value is -0.720. The molecule has 106 valence electrons. The number of thiol groups is 1. The monoisotopic (exact) mass is 300 g/mol. The minimum Gasteiger partial charge on any atom is -0.358 e. The van der Waals surface area contributed by atoms with Crippen LogP contribution in [0.3, 0.4) is 0 Å². The third kappa shape index (κ3) is 4.12. The van der Waals surface area contributed by atoms with Crippen LogP contribution >= 0.6 is 11.8 Å². The van der Waals surface area contributed by atoms with Gasteiger partial charge in [0.25, 0.3) is 0 Å². The second-order valence-corrected chi connectivity index (χ2v) is 6.35. The Morgan fingerprint density at radius 2 is 1.79 bits per heavy atom. The molecule has 1 aliphatic heterocycles. The van der Waals surface area contributed by atoms with E-state index in [0.29, 0.717) is 0 Å². The molecule has 1 aromatic rings. The Balaban J connectivity index is 0.000000297. The van der Waals surface area contributed by atoms with Crippen LogP contribution in [-0.4, -0.2) is 20.3 Å². The number of benzene rings is 1. The Kier molecular flexibility index (Phi) is 5.54. The van der Waals surface area contributed by atoms with Crippen molar-refractivity contribution in [1.29, 1.82) is 0 Å². The molecule has 2 aliphatic rings. The summed E-state index contributed by atoms with van der Waals surface area (Å²) >= 11 is 2.00. The zero-order chi connectivity index (χ0) is 13.7. The van der Waals surface area contributed by atoms with Gasteiger partial charge in [0.15, 0.2) is 10.9 Å². The van der Waals surface area contributed by atoms with Crippen molar-refractivity contribution in [2.75, 3.05) is 10.8 Å². The van der Waals surface area contributed by atoms with Crippen LogP contribution in [0, 0.1) is 0 Å². The molecule has 1 aliphatic carbocycles. The largest absolute Gasteiger partial charge is 0.358 e. The molecule has 0 aromatic heterocycles. The third-order valence-corrected chi connectivity index (χ3v) is 4.61. The van der Waals surface area contributed by atoms with Gasteiger partial charge in [0.05, 0.1) is 11.6 Å². The van der Waals surface area contributed by atoms with E-state index in [4.69, 9.17) is 8.42 Å². The summed E-state index contributed by atoms with van der Waals surface area (Å²) in [5.41, 5.74) is 1.48. The lowest BCUT2D eigenvalue weighted by Gasteiger charge is -2.32. The summed E-state index contributed by atoms with van der Waals surface area (Å²) in [6.07, 6.45) is 7.09. The Bertz CT molecular complexity index is 477. The molecule has 0 bridgehead atoms. The second-order valence-electron chi connectivity index (χ2n) is 4.79. The van der Waals surface area contributed by atoms with Gasteiger partial charge in [-0.3, -0.25) is 0 Å². The van der Waals surface area contributed by atoms with Gasteiger partial charge in [-0.25, -0.2) is 13.6 Å². The van der Waals surface area contributed by atoms with Gasteiger partial charge in [-0.1, -0.05) is 31.4 Å². The third-order valence-electron chi connectivity index (χ3n) is 3.55. The van der Waals surface area contributed by atoms with Crippen LogP contribution in [-0.2, 0) is 10.9 Å². The number of anilines is 1. The molecule has 6 heteroatoms. The maximum absolute atomic E-state index is 8.81. The summed E-state index contributed by atoms with van der Waals surface area (Å²) in [4.78, 5) is 4.10. The quantitative estimate of drug-likeness (QED) is 0.782. The first-order chi connectivity index (χ1) is 9.18. The van der Waals surface area contributed by atoms with E-state index in [1.54, 1.807) is 0 Å². The lowest BCUT2D eigenvalue weighted by molar-refractivity contribution is 0.426. The van der Waals surface area contributed by atoms with Crippen LogP contribution in [0.4, 0.5) is 5.69 Å². The number of hydrogen-bond donors (Lipinski definition) is 2. The van der Waals surface area contributed by atoms with E-state index in [9.17, 15) is 0 Å². The number of thioether (sulfide) groups is 1. The highest BCUT2D eigenvalue weighted by Crippen LogP contribution is 2.41. The standard InChI is InChI=1S/C13H17NS.H3NO2S/c1-2-6-11(7-3-1)14-10-15-13-9-5-4-8-12(13)14;1-4(2)3/h4-5,8-9,11H,1-3,6-7,10H2;4H,(H2,1,2,3). The molecule has 1 heterocycles. The summed E-state index contributed by atoms with van der Waals surface area (Å²) < 4.78 is 17.6. The fourth-order valence-corrected chi connectivity index (χ4v) is 3.86. The molecule has 0 saturated heterocycles. The average Bonchev–Trinajstić information content (AvgIpc) is 2.83. The molecular weight excluding hydrogens is 280 g/mol. The van der Waals surface area contributed by atoms with Crippen molar-refractivity contribution < 1.29 is 8.42 Å². The number of nitrogens with two attached hydrogens (primary N) is 1. The van der Waals surface area contributed by atoms with Gasteiger partial charge >= 0.3 is 0 Å². The molecule has 0 amide bonds. The molecule has 3 rings (SSSR count). The summed E-state index contributed by atoms with van der Waals surface area (Å²) in [5.74, 6) is 1.17. The molecule has 0 radical (unpaired) electrons. The number of nitrogens with zero attached hydrogens (tertiary/aromatic N) is 1. The van der Waals surface area contributed by atoms with Gasteiger partial charge in [0.2, 0.25) is 0 Å². The van der Waals surface area contributed by atoms with Crippen LogP contribution in [0.25, 0.3) is 0 Å². The van der Waals surface area contributed by atoms with Crippen LogP contribution in [0.5, 0.6) is 0 Å². The maximum atomic E-state index is 8.81. The topological polar surface area (TPSA) is 63.4 Å². The predicted molar refractivity (Wildman–Crippen MR) is 81.0 cm³/mol. The highest BCUT2D eigenvalue weighted by atomic mass is 32.2. The zero-order valence-electron chi connectivity index (χ0n) is 10.8. The van der Waals surface area contributed by atoms with Gasteiger partial charge < -0.3 is 4.90 Å². The molecular formula is C13H20N2O2S2. The van der Waals surface area contributed by atoms with Gasteiger partial charge in [-0.2, -0.15) is 0 Å². The molecule has 0 unspecified atom stereocenters. The van der Waals surface area contributed by atoms with Crippen molar-refractivity contribution in [2.45, 2.75) is 43.0 Å². The summed E-state index contributed by atoms with van der Waals surface area (Å²) in [7, 11) is -2.62. The van der Waals surface area contributed by atoms with Crippen LogP contribution in [0.1, 0.15) is 32.1 Å². The van der Waals surface area contributed by atoms with Crippen LogP contribution in [0.2, 0.25) is 0 Å². The van der Waals surface area contributed by atoms with E-state index < -0.39 is 10.9 Å². The van der Waals surface area contributed by atoms with Crippen molar-refractivity contribution in [3.05, 3.63) is 24.3 Å². The number of para-hydroxylation sites is 1. The SMILES string of the molecule is N[SH](=O)=O.c1ccc2c(c1)SCN2C1CCCCC1. The Labute approximate surface area is 120 Å². The minimum atomic E-state index is -2.62. The molecule has 0 atom stereocenters. The van der Waals surface area contributed by atoms with Crippen LogP contribution < -0.4 is 10.0 Å². The van der Waals surface area contributed by atoms with Gasteiger partial charge in [-0.15, -0.1) is 11.8 Å².